The number of phosphoric acid groups is 1. The summed E-state index contributed by atoms with van der Waals surface area (Å²) in [5.74, 6) is 0. The van der Waals surface area contributed by atoms with Crippen LogP contribution in [0.1, 0.15) is 30.0 Å². The van der Waals surface area contributed by atoms with Crippen molar-refractivity contribution < 1.29 is 27.6 Å². The molecule has 0 fully saturated rings. The molecule has 208 valence electrons. The maximum atomic E-state index is 13.3. The van der Waals surface area contributed by atoms with Crippen LogP contribution in [0.25, 0.3) is 0 Å². The van der Waals surface area contributed by atoms with E-state index in [0.29, 0.717) is 11.1 Å². The maximum absolute atomic E-state index is 13.3. The van der Waals surface area contributed by atoms with E-state index in [9.17, 15) is 23.7 Å². The van der Waals surface area contributed by atoms with E-state index in [0.717, 1.165) is 0 Å². The van der Waals surface area contributed by atoms with Crippen LogP contribution >= 0.6 is 7.82 Å². The lowest BCUT2D eigenvalue weighted by Crippen LogP contribution is -2.33. The highest BCUT2D eigenvalue weighted by Gasteiger charge is 2.33. The summed E-state index contributed by atoms with van der Waals surface area (Å²) in [6, 6.07) is 1.87. The number of aromatic amines is 2. The molecule has 0 saturated carbocycles. The van der Waals surface area contributed by atoms with Gasteiger partial charge in [0.2, 0.25) is 0 Å². The van der Waals surface area contributed by atoms with Crippen LogP contribution in [0.5, 0.6) is 0 Å². The summed E-state index contributed by atoms with van der Waals surface area (Å²) in [5.41, 5.74) is -1.67. The molecule has 0 saturated heterocycles. The molecule has 15 nitrogen and oxygen atoms in total. The van der Waals surface area contributed by atoms with Gasteiger partial charge in [0.05, 0.1) is 32.3 Å². The van der Waals surface area contributed by atoms with E-state index < -0.39 is 55.0 Å². The Morgan fingerprint density at radius 1 is 0.846 bits per heavy atom. The normalized spacial score (nSPS) is 22.4. The number of ether oxygens (including phenoxy) is 2. The molecule has 0 spiro atoms. The molecular formula is C23H26N5O10P. The number of nitrogens with one attached hydrogen (secondary N) is 2. The van der Waals surface area contributed by atoms with Crippen LogP contribution in [0.15, 0.2) is 55.9 Å². The monoisotopic (exact) mass is 563 g/mol. The number of aryl methyl sites for hydroxylation is 2. The molecule has 0 amide bonds. The molecule has 2 aliphatic rings. The molecule has 0 radical (unpaired) electrons. The van der Waals surface area contributed by atoms with Gasteiger partial charge < -0.3 is 9.47 Å². The number of H-pyrrole nitrogens is 2. The molecule has 39 heavy (non-hydrogen) atoms. The third kappa shape index (κ3) is 6.87. The Morgan fingerprint density at radius 2 is 1.31 bits per heavy atom. The van der Waals surface area contributed by atoms with E-state index in [4.69, 9.17) is 28.3 Å². The summed E-state index contributed by atoms with van der Waals surface area (Å²) in [5, 5.41) is 8.80. The third-order valence-electron chi connectivity index (χ3n) is 5.71. The largest absolute Gasteiger partial charge is 0.475 e. The molecular weight excluding hydrogens is 537 g/mol. The zero-order valence-electron chi connectivity index (χ0n) is 21.0. The second-order valence-electron chi connectivity index (χ2n) is 8.64. The fourth-order valence-electron chi connectivity index (χ4n) is 3.68. The maximum Gasteiger partial charge on any atom is 0.475 e. The minimum absolute atomic E-state index is 0.0660. The first kappa shape index (κ1) is 28.4. The van der Waals surface area contributed by atoms with Crippen molar-refractivity contribution in [3.63, 3.8) is 0 Å². The number of aromatic nitrogens is 4. The lowest BCUT2D eigenvalue weighted by Gasteiger charge is -2.22. The van der Waals surface area contributed by atoms with Gasteiger partial charge in [0, 0.05) is 23.5 Å². The average molecular weight is 563 g/mol. The predicted molar refractivity (Wildman–Crippen MR) is 134 cm³/mol. The summed E-state index contributed by atoms with van der Waals surface area (Å²) in [6.45, 7) is 2.32. The number of hydrogen-bond donors (Lipinski definition) is 2. The van der Waals surface area contributed by atoms with Crippen molar-refractivity contribution in [2.75, 3.05) is 19.8 Å². The number of nitriles is 1. The van der Waals surface area contributed by atoms with Crippen LogP contribution in [0, 0.1) is 25.2 Å². The number of phosphoric ester groups is 1. The Labute approximate surface area is 220 Å². The Balaban J connectivity index is 1.35. The van der Waals surface area contributed by atoms with Gasteiger partial charge in [0.1, 0.15) is 12.2 Å². The fourth-order valence-corrected chi connectivity index (χ4v) is 4.88. The Bertz CT molecular complexity index is 1490. The van der Waals surface area contributed by atoms with Crippen LogP contribution in [0.3, 0.4) is 0 Å². The summed E-state index contributed by atoms with van der Waals surface area (Å²) < 4.78 is 43.3. The summed E-state index contributed by atoms with van der Waals surface area (Å²) >= 11 is 0. The van der Waals surface area contributed by atoms with E-state index in [1.54, 1.807) is 38.2 Å². The molecule has 16 heteroatoms. The summed E-state index contributed by atoms with van der Waals surface area (Å²) in [7, 11) is -4.20. The SMILES string of the molecule is Cc1cn([C@@H]2C=C[C@H](COP(=O)(OCCC#N)OC[C@H]3C=C[C@@H](n4cc(C)c(=O)[nH]c4=O)O3)O2)c(=O)[nH]c1=O. The van der Waals surface area contributed by atoms with Gasteiger partial charge >= 0.3 is 19.2 Å². The first-order valence-electron chi connectivity index (χ1n) is 11.8. The van der Waals surface area contributed by atoms with E-state index in [1.165, 1.54) is 21.5 Å². The van der Waals surface area contributed by atoms with Crippen molar-refractivity contribution in [1.82, 2.24) is 19.1 Å². The first-order valence-corrected chi connectivity index (χ1v) is 13.3. The molecule has 2 aromatic rings. The topological polar surface area (TPSA) is 197 Å². The van der Waals surface area contributed by atoms with E-state index >= 15 is 0 Å². The van der Waals surface area contributed by atoms with Crippen molar-refractivity contribution >= 4 is 7.82 Å². The van der Waals surface area contributed by atoms with Gasteiger partial charge in [-0.25, -0.2) is 14.2 Å². The van der Waals surface area contributed by atoms with Crippen LogP contribution in [-0.2, 0) is 27.6 Å². The molecule has 0 unspecified atom stereocenters. The summed E-state index contributed by atoms with van der Waals surface area (Å²) in [6.07, 6.45) is 5.89. The average Bonchev–Trinajstić information content (AvgIpc) is 3.56. The van der Waals surface area contributed by atoms with Crippen molar-refractivity contribution in [3.8, 4) is 6.07 Å². The Morgan fingerprint density at radius 3 is 1.74 bits per heavy atom. The lowest BCUT2D eigenvalue weighted by atomic mass is 10.3. The van der Waals surface area contributed by atoms with Gasteiger partial charge in [0.25, 0.3) is 11.1 Å². The van der Waals surface area contributed by atoms with Gasteiger partial charge in [0.15, 0.2) is 12.5 Å². The zero-order chi connectivity index (χ0) is 28.2. The molecule has 2 aliphatic heterocycles. The highest BCUT2D eigenvalue weighted by Crippen LogP contribution is 2.50. The summed E-state index contributed by atoms with van der Waals surface area (Å²) in [4.78, 5) is 51.9. The van der Waals surface area contributed by atoms with Crippen LogP contribution in [0.4, 0.5) is 0 Å². The molecule has 2 N–H and O–H groups in total. The molecule has 4 atom stereocenters. The van der Waals surface area contributed by atoms with Crippen LogP contribution in [-0.4, -0.2) is 51.1 Å². The molecule has 2 aromatic heterocycles. The minimum Gasteiger partial charge on any atom is -0.344 e. The zero-order valence-corrected chi connectivity index (χ0v) is 21.9. The Kier molecular flexibility index (Phi) is 8.76. The third-order valence-corrected chi connectivity index (χ3v) is 7.14. The van der Waals surface area contributed by atoms with Gasteiger partial charge in [-0.1, -0.05) is 12.2 Å². The second kappa shape index (κ2) is 12.0. The second-order valence-corrected chi connectivity index (χ2v) is 10.3. The Hall–Kier alpha value is -3.64. The quantitative estimate of drug-likeness (QED) is 0.222. The molecule has 0 aromatic carbocycles. The molecule has 4 heterocycles. The molecule has 0 aliphatic carbocycles. The molecule has 4 rings (SSSR count). The van der Waals surface area contributed by atoms with Gasteiger partial charge in [-0.3, -0.25) is 42.3 Å². The number of nitrogens with zero attached hydrogens (tertiary/aromatic N) is 3. The van der Waals surface area contributed by atoms with E-state index in [2.05, 4.69) is 9.97 Å². The standard InChI is InChI=1S/C23H26N5O10P/c1-14-10-27(22(31)25-20(14)29)18-6-4-16(37-18)12-35-39(33,34-9-3-8-24)36-13-17-5-7-19(38-17)28-11-15(2)21(30)26-23(28)32/h4-7,10-11,16-19H,3,9,12-13H2,1-2H3,(H,25,29,31)(H,26,30,32)/t16-,17-,18+,19+/m1/s1. The van der Waals surface area contributed by atoms with Crippen LogP contribution < -0.4 is 22.5 Å². The first-order chi connectivity index (χ1) is 18.6. The number of hydrogen-bond acceptors (Lipinski definition) is 11. The number of rotatable bonds is 11. The van der Waals surface area contributed by atoms with Crippen molar-refractivity contribution in [2.45, 2.75) is 44.9 Å². The van der Waals surface area contributed by atoms with Gasteiger partial charge in [-0.05, 0) is 26.0 Å². The lowest BCUT2D eigenvalue weighted by molar-refractivity contribution is -0.0281. The van der Waals surface area contributed by atoms with Crippen molar-refractivity contribution in [2.24, 2.45) is 0 Å². The van der Waals surface area contributed by atoms with E-state index in [-0.39, 0.29) is 26.2 Å². The van der Waals surface area contributed by atoms with Gasteiger partial charge in [-0.15, -0.1) is 0 Å². The van der Waals surface area contributed by atoms with Crippen molar-refractivity contribution in [1.29, 1.82) is 5.26 Å². The smallest absolute Gasteiger partial charge is 0.344 e. The highest BCUT2D eigenvalue weighted by molar-refractivity contribution is 7.48. The fraction of sp³-hybridized carbons (Fsp3) is 0.435. The van der Waals surface area contributed by atoms with Crippen molar-refractivity contribution in [3.05, 3.63) is 89.5 Å². The minimum atomic E-state index is -4.20. The highest BCUT2D eigenvalue weighted by atomic mass is 31.2. The van der Waals surface area contributed by atoms with Gasteiger partial charge in [-0.2, -0.15) is 5.26 Å². The van der Waals surface area contributed by atoms with E-state index in [1.807, 2.05) is 6.07 Å². The predicted octanol–water partition coefficient (Wildman–Crippen LogP) is 0.682. The molecule has 0 bridgehead atoms. The van der Waals surface area contributed by atoms with Crippen LogP contribution in [0.2, 0.25) is 0 Å².